The highest BCUT2D eigenvalue weighted by Gasteiger charge is 2.30. The van der Waals surface area contributed by atoms with Gasteiger partial charge >= 0.3 is 0 Å². The van der Waals surface area contributed by atoms with E-state index in [4.69, 9.17) is 9.47 Å². The molecule has 0 aliphatic carbocycles. The molecule has 0 fully saturated rings. The first kappa shape index (κ1) is 16.7. The van der Waals surface area contributed by atoms with Crippen molar-refractivity contribution < 1.29 is 14.3 Å². The van der Waals surface area contributed by atoms with Crippen molar-refractivity contribution in [1.29, 1.82) is 0 Å². The van der Waals surface area contributed by atoms with Crippen molar-refractivity contribution in [1.82, 2.24) is 4.90 Å². The molecule has 134 valence electrons. The van der Waals surface area contributed by atoms with Gasteiger partial charge < -0.3 is 14.4 Å². The number of methoxy groups -OCH3 is 1. The fourth-order valence-electron chi connectivity index (χ4n) is 3.68. The third-order valence-electron chi connectivity index (χ3n) is 5.21. The Balaban J connectivity index is 1.41. The first-order valence-corrected chi connectivity index (χ1v) is 9.07. The summed E-state index contributed by atoms with van der Waals surface area (Å²) >= 11 is 0. The molecule has 0 saturated carbocycles. The van der Waals surface area contributed by atoms with Crippen LogP contribution in [0.3, 0.4) is 0 Å². The van der Waals surface area contributed by atoms with E-state index in [2.05, 4.69) is 18.2 Å². The zero-order valence-corrected chi connectivity index (χ0v) is 15.0. The monoisotopic (exact) mass is 349 g/mol. The van der Waals surface area contributed by atoms with Crippen molar-refractivity contribution in [2.75, 3.05) is 26.8 Å². The Morgan fingerprint density at radius 1 is 1.15 bits per heavy atom. The number of amides is 1. The number of hydrogen-bond donors (Lipinski definition) is 0. The maximum Gasteiger partial charge on any atom is 0.229 e. The Morgan fingerprint density at radius 2 is 1.96 bits per heavy atom. The van der Waals surface area contributed by atoms with Gasteiger partial charge in [-0.1, -0.05) is 36.4 Å². The average Bonchev–Trinajstić information content (AvgIpc) is 2.73. The molecule has 4 nitrogen and oxygen atoms in total. The molecule has 1 atom stereocenters. The van der Waals surface area contributed by atoms with Crippen molar-refractivity contribution in [2.24, 2.45) is 5.92 Å². The van der Waals surface area contributed by atoms with Crippen LogP contribution in [-0.4, -0.2) is 37.6 Å². The summed E-state index contributed by atoms with van der Waals surface area (Å²) in [5.41, 5.74) is 3.62. The molecule has 1 amide bonds. The molecule has 4 rings (SSSR count). The molecule has 2 aromatic carbocycles. The van der Waals surface area contributed by atoms with Crippen LogP contribution in [0.2, 0.25) is 0 Å². The fraction of sp³-hybridized carbons (Fsp3) is 0.318. The number of carbonyl (C=O) groups excluding carboxylic acids is 1. The highest BCUT2D eigenvalue weighted by Crippen LogP contribution is 2.29. The van der Waals surface area contributed by atoms with E-state index in [9.17, 15) is 4.79 Å². The maximum absolute atomic E-state index is 12.9. The van der Waals surface area contributed by atoms with E-state index in [0.29, 0.717) is 13.2 Å². The fourth-order valence-corrected chi connectivity index (χ4v) is 3.68. The summed E-state index contributed by atoms with van der Waals surface area (Å²) in [5.74, 6) is 1.89. The first-order chi connectivity index (χ1) is 12.7. The van der Waals surface area contributed by atoms with Gasteiger partial charge in [0.05, 0.1) is 13.0 Å². The molecule has 4 heteroatoms. The molecule has 2 aromatic rings. The van der Waals surface area contributed by atoms with Gasteiger partial charge in [0.25, 0.3) is 0 Å². The van der Waals surface area contributed by atoms with E-state index >= 15 is 0 Å². The van der Waals surface area contributed by atoms with E-state index in [-0.39, 0.29) is 11.8 Å². The summed E-state index contributed by atoms with van der Waals surface area (Å²) < 4.78 is 11.0. The van der Waals surface area contributed by atoms with E-state index in [1.807, 2.05) is 41.3 Å². The lowest BCUT2D eigenvalue weighted by Crippen LogP contribution is -2.42. The smallest absolute Gasteiger partial charge is 0.229 e. The molecule has 26 heavy (non-hydrogen) atoms. The number of fused-ring (bicyclic) bond motifs is 1. The molecular formula is C22H23NO3. The molecule has 2 aliphatic rings. The second kappa shape index (κ2) is 7.24. The third kappa shape index (κ3) is 3.32. The van der Waals surface area contributed by atoms with E-state index in [1.165, 1.54) is 11.1 Å². The van der Waals surface area contributed by atoms with E-state index in [0.717, 1.165) is 36.4 Å². The van der Waals surface area contributed by atoms with E-state index < -0.39 is 0 Å². The molecule has 0 aromatic heterocycles. The van der Waals surface area contributed by atoms with Crippen LogP contribution in [0.1, 0.15) is 17.5 Å². The minimum Gasteiger partial charge on any atom is -0.497 e. The summed E-state index contributed by atoms with van der Waals surface area (Å²) in [7, 11) is 1.67. The average molecular weight is 349 g/mol. The van der Waals surface area contributed by atoms with Crippen LogP contribution < -0.4 is 9.47 Å². The summed E-state index contributed by atoms with van der Waals surface area (Å²) in [6.07, 6.45) is 3.81. The second-order valence-corrected chi connectivity index (χ2v) is 6.81. The molecular weight excluding hydrogens is 326 g/mol. The molecule has 0 N–H and O–H groups in total. The van der Waals surface area contributed by atoms with Gasteiger partial charge in [0, 0.05) is 13.1 Å². The topological polar surface area (TPSA) is 38.8 Å². The first-order valence-electron chi connectivity index (χ1n) is 9.07. The number of nitrogens with zero attached hydrogens (tertiary/aromatic N) is 1. The quantitative estimate of drug-likeness (QED) is 0.850. The predicted octanol–water partition coefficient (Wildman–Crippen LogP) is 3.56. The van der Waals surface area contributed by atoms with Gasteiger partial charge in [-0.15, -0.1) is 0 Å². The Morgan fingerprint density at radius 3 is 2.69 bits per heavy atom. The summed E-state index contributed by atoms with van der Waals surface area (Å²) in [6.45, 7) is 1.90. The normalized spacial score (nSPS) is 19.2. The molecule has 2 aliphatic heterocycles. The van der Waals surface area contributed by atoms with Crippen LogP contribution in [-0.2, 0) is 11.2 Å². The molecule has 0 unspecified atom stereocenters. The van der Waals surface area contributed by atoms with Gasteiger partial charge in [-0.25, -0.2) is 0 Å². The number of ether oxygens (including phenoxy) is 2. The number of para-hydroxylation sites is 1. The summed E-state index contributed by atoms with van der Waals surface area (Å²) in [5, 5.41) is 0. The van der Waals surface area contributed by atoms with Crippen molar-refractivity contribution >= 4 is 11.5 Å². The third-order valence-corrected chi connectivity index (χ3v) is 5.21. The number of benzene rings is 2. The second-order valence-electron chi connectivity index (χ2n) is 6.81. The molecule has 0 radical (unpaired) electrons. The van der Waals surface area contributed by atoms with Gasteiger partial charge in [-0.2, -0.15) is 0 Å². The van der Waals surface area contributed by atoms with Crippen molar-refractivity contribution in [3.05, 3.63) is 65.7 Å². The van der Waals surface area contributed by atoms with Crippen LogP contribution in [0.15, 0.2) is 54.6 Å². The Kier molecular flexibility index (Phi) is 4.65. The van der Waals surface area contributed by atoms with Gasteiger partial charge in [0.2, 0.25) is 5.91 Å². The predicted molar refractivity (Wildman–Crippen MR) is 101 cm³/mol. The molecule has 0 bridgehead atoms. The highest BCUT2D eigenvalue weighted by atomic mass is 16.5. The number of hydrogen-bond acceptors (Lipinski definition) is 3. The SMILES string of the molecule is COc1ccc(C2=CCN(C(=O)[C@H]3COc4ccccc4C3)CC2)cc1. The van der Waals surface area contributed by atoms with Crippen LogP contribution in [0.5, 0.6) is 11.5 Å². The van der Waals surface area contributed by atoms with Gasteiger partial charge in [0.15, 0.2) is 0 Å². The van der Waals surface area contributed by atoms with Crippen LogP contribution in [0.4, 0.5) is 0 Å². The molecule has 0 spiro atoms. The number of carbonyl (C=O) groups is 1. The lowest BCUT2D eigenvalue weighted by molar-refractivity contribution is -0.136. The highest BCUT2D eigenvalue weighted by molar-refractivity contribution is 5.81. The van der Waals surface area contributed by atoms with Gasteiger partial charge in [0.1, 0.15) is 18.1 Å². The molecule has 2 heterocycles. The minimum atomic E-state index is -0.0826. The van der Waals surface area contributed by atoms with Crippen LogP contribution in [0, 0.1) is 5.92 Å². The summed E-state index contributed by atoms with van der Waals surface area (Å²) in [4.78, 5) is 14.8. The standard InChI is InChI=1S/C22H23NO3/c1-25-20-8-6-16(7-9-20)17-10-12-23(13-11-17)22(24)19-14-18-4-2-3-5-21(18)26-15-19/h2-10,19H,11-15H2,1H3/t19-/m1/s1. The van der Waals surface area contributed by atoms with Crippen molar-refractivity contribution in [3.63, 3.8) is 0 Å². The van der Waals surface area contributed by atoms with Crippen LogP contribution in [0.25, 0.3) is 5.57 Å². The van der Waals surface area contributed by atoms with E-state index in [1.54, 1.807) is 7.11 Å². The minimum absolute atomic E-state index is 0.0826. The summed E-state index contributed by atoms with van der Waals surface area (Å²) in [6, 6.07) is 16.1. The van der Waals surface area contributed by atoms with Crippen LogP contribution >= 0.6 is 0 Å². The zero-order chi connectivity index (χ0) is 17.9. The Hall–Kier alpha value is -2.75. The number of rotatable bonds is 3. The Bertz CT molecular complexity index is 826. The van der Waals surface area contributed by atoms with Crippen molar-refractivity contribution in [2.45, 2.75) is 12.8 Å². The largest absolute Gasteiger partial charge is 0.497 e. The van der Waals surface area contributed by atoms with Crippen molar-refractivity contribution in [3.8, 4) is 11.5 Å². The molecule has 0 saturated heterocycles. The van der Waals surface area contributed by atoms with Gasteiger partial charge in [-0.3, -0.25) is 4.79 Å². The Labute approximate surface area is 154 Å². The maximum atomic E-state index is 12.9. The lowest BCUT2D eigenvalue weighted by Gasteiger charge is -2.32. The zero-order valence-electron chi connectivity index (χ0n) is 15.0. The van der Waals surface area contributed by atoms with Gasteiger partial charge in [-0.05, 0) is 47.7 Å². The lowest BCUT2D eigenvalue weighted by atomic mass is 9.94.